The first-order valence-electron chi connectivity index (χ1n) is 9.99. The van der Waals surface area contributed by atoms with Crippen LogP contribution < -0.4 is 5.32 Å². The Morgan fingerprint density at radius 2 is 2.03 bits per heavy atom. The number of rotatable bonds is 10. The summed E-state index contributed by atoms with van der Waals surface area (Å²) in [7, 11) is 0. The van der Waals surface area contributed by atoms with Gasteiger partial charge in [0.1, 0.15) is 12.0 Å². The van der Waals surface area contributed by atoms with Gasteiger partial charge in [0.15, 0.2) is 5.69 Å². The summed E-state index contributed by atoms with van der Waals surface area (Å²) in [4.78, 5) is 20.9. The van der Waals surface area contributed by atoms with E-state index >= 15 is 0 Å². The Labute approximate surface area is 170 Å². The second kappa shape index (κ2) is 10.5. The molecule has 0 aromatic carbocycles. The number of β-amino-alcohol motifs (C(OH)–C–C–N with tert-alkyl or cyclic N) is 1. The van der Waals surface area contributed by atoms with Gasteiger partial charge >= 0.3 is 0 Å². The summed E-state index contributed by atoms with van der Waals surface area (Å²) in [6, 6.07) is 3.57. The monoisotopic (exact) mass is 406 g/mol. The predicted octanol–water partition coefficient (Wildman–Crippen LogP) is 1.10. The highest BCUT2D eigenvalue weighted by Gasteiger charge is 2.21. The van der Waals surface area contributed by atoms with E-state index < -0.39 is 6.10 Å². The van der Waals surface area contributed by atoms with Gasteiger partial charge in [-0.25, -0.2) is 4.98 Å². The third-order valence-corrected chi connectivity index (χ3v) is 4.70. The van der Waals surface area contributed by atoms with Crippen LogP contribution in [0.15, 0.2) is 33.5 Å². The van der Waals surface area contributed by atoms with Crippen molar-refractivity contribution in [1.82, 2.24) is 20.1 Å². The molecular weight excluding hydrogens is 376 g/mol. The van der Waals surface area contributed by atoms with E-state index in [2.05, 4.69) is 20.1 Å². The molecule has 3 heterocycles. The molecule has 29 heavy (non-hydrogen) atoms. The third-order valence-electron chi connectivity index (χ3n) is 4.70. The summed E-state index contributed by atoms with van der Waals surface area (Å²) in [5.74, 6) is 0.909. The molecule has 1 atom stereocenters. The summed E-state index contributed by atoms with van der Waals surface area (Å²) < 4.78 is 16.1. The fraction of sp³-hybridized carbons (Fsp3) is 0.600. The Kier molecular flexibility index (Phi) is 7.82. The highest BCUT2D eigenvalue weighted by atomic mass is 16.5. The number of aliphatic hydroxyl groups is 1. The number of hydrogen-bond donors (Lipinski definition) is 2. The van der Waals surface area contributed by atoms with Gasteiger partial charge in [0, 0.05) is 32.7 Å². The number of amides is 1. The number of aliphatic hydroxyl groups excluding tert-OH is 1. The molecule has 0 saturated carbocycles. The van der Waals surface area contributed by atoms with Gasteiger partial charge in [-0.2, -0.15) is 0 Å². The minimum Gasteiger partial charge on any atom is -0.467 e. The SMILES string of the molecule is CC(C)OCC(O)CN1CCN(Cc2nc(C(=O)NCc3ccco3)co2)CC1. The Morgan fingerprint density at radius 1 is 1.28 bits per heavy atom. The highest BCUT2D eigenvalue weighted by molar-refractivity contribution is 5.91. The fourth-order valence-electron chi connectivity index (χ4n) is 3.13. The summed E-state index contributed by atoms with van der Waals surface area (Å²) >= 11 is 0. The second-order valence-corrected chi connectivity index (χ2v) is 7.50. The molecule has 1 amide bonds. The van der Waals surface area contributed by atoms with Crippen molar-refractivity contribution < 1.29 is 23.5 Å². The maximum atomic E-state index is 12.2. The number of aromatic nitrogens is 1. The molecule has 1 unspecified atom stereocenters. The topological polar surface area (TPSA) is 104 Å². The smallest absolute Gasteiger partial charge is 0.273 e. The zero-order chi connectivity index (χ0) is 20.6. The number of carbonyl (C=O) groups is 1. The van der Waals surface area contributed by atoms with Crippen molar-refractivity contribution in [2.75, 3.05) is 39.3 Å². The van der Waals surface area contributed by atoms with Crippen LogP contribution in [0, 0.1) is 0 Å². The first kappa shape index (κ1) is 21.5. The molecule has 1 saturated heterocycles. The average molecular weight is 406 g/mol. The number of nitrogens with one attached hydrogen (secondary N) is 1. The lowest BCUT2D eigenvalue weighted by atomic mass is 10.2. The number of hydrogen-bond acceptors (Lipinski definition) is 8. The molecule has 1 aliphatic rings. The number of nitrogens with zero attached hydrogens (tertiary/aromatic N) is 3. The second-order valence-electron chi connectivity index (χ2n) is 7.50. The zero-order valence-electron chi connectivity index (χ0n) is 17.0. The Hall–Kier alpha value is -2.20. The summed E-state index contributed by atoms with van der Waals surface area (Å²) in [5.41, 5.74) is 0.262. The lowest BCUT2D eigenvalue weighted by Crippen LogP contribution is -2.48. The van der Waals surface area contributed by atoms with Gasteiger partial charge < -0.3 is 24.0 Å². The molecule has 0 bridgehead atoms. The van der Waals surface area contributed by atoms with E-state index in [9.17, 15) is 9.90 Å². The van der Waals surface area contributed by atoms with Crippen LogP contribution in [-0.4, -0.2) is 77.3 Å². The summed E-state index contributed by atoms with van der Waals surface area (Å²) in [6.07, 6.45) is 2.60. The van der Waals surface area contributed by atoms with Crippen molar-refractivity contribution in [3.05, 3.63) is 42.0 Å². The van der Waals surface area contributed by atoms with Gasteiger partial charge in [-0.15, -0.1) is 0 Å². The normalized spacial score (nSPS) is 17.0. The molecule has 3 rings (SSSR count). The van der Waals surface area contributed by atoms with E-state index in [0.29, 0.717) is 37.9 Å². The van der Waals surface area contributed by atoms with Crippen molar-refractivity contribution >= 4 is 5.91 Å². The first-order chi connectivity index (χ1) is 14.0. The van der Waals surface area contributed by atoms with Gasteiger partial charge in [0.2, 0.25) is 5.89 Å². The van der Waals surface area contributed by atoms with Gasteiger partial charge in [0.25, 0.3) is 5.91 Å². The molecule has 0 spiro atoms. The van der Waals surface area contributed by atoms with Crippen LogP contribution in [0.2, 0.25) is 0 Å². The molecule has 9 nitrogen and oxygen atoms in total. The fourth-order valence-corrected chi connectivity index (χ4v) is 3.13. The Balaban J connectivity index is 1.38. The van der Waals surface area contributed by atoms with Gasteiger partial charge in [-0.1, -0.05) is 0 Å². The molecule has 1 fully saturated rings. The molecule has 0 radical (unpaired) electrons. The van der Waals surface area contributed by atoms with Crippen LogP contribution in [0.1, 0.15) is 36.0 Å². The first-order valence-corrected chi connectivity index (χ1v) is 9.99. The van der Waals surface area contributed by atoms with E-state index in [4.69, 9.17) is 13.6 Å². The van der Waals surface area contributed by atoms with Crippen molar-refractivity contribution in [3.8, 4) is 0 Å². The number of furan rings is 1. The number of carbonyl (C=O) groups excluding carboxylic acids is 1. The van der Waals surface area contributed by atoms with Crippen LogP contribution in [0.3, 0.4) is 0 Å². The van der Waals surface area contributed by atoms with Crippen LogP contribution in [0.5, 0.6) is 0 Å². The molecule has 160 valence electrons. The van der Waals surface area contributed by atoms with E-state index in [-0.39, 0.29) is 17.7 Å². The molecule has 9 heteroatoms. The van der Waals surface area contributed by atoms with E-state index in [1.54, 1.807) is 18.4 Å². The number of piperazine rings is 1. The molecular formula is C20H30N4O5. The van der Waals surface area contributed by atoms with E-state index in [1.807, 2.05) is 13.8 Å². The van der Waals surface area contributed by atoms with Crippen molar-refractivity contribution in [3.63, 3.8) is 0 Å². The molecule has 2 N–H and O–H groups in total. The Bertz CT molecular complexity index is 738. The van der Waals surface area contributed by atoms with E-state index in [1.165, 1.54) is 6.26 Å². The minimum absolute atomic E-state index is 0.124. The summed E-state index contributed by atoms with van der Waals surface area (Å²) in [5, 5.41) is 12.8. The van der Waals surface area contributed by atoms with Crippen LogP contribution in [0.4, 0.5) is 0 Å². The van der Waals surface area contributed by atoms with Crippen LogP contribution in [-0.2, 0) is 17.8 Å². The summed E-state index contributed by atoms with van der Waals surface area (Å²) in [6.45, 7) is 9.16. The standard InChI is InChI=1S/C20H30N4O5/c1-15(2)28-13-16(25)11-23-5-7-24(8-6-23)12-19-22-18(14-29-19)20(26)21-10-17-4-3-9-27-17/h3-4,9,14-16,25H,5-8,10-13H2,1-2H3,(H,21,26). The minimum atomic E-state index is -0.474. The van der Waals surface area contributed by atoms with Crippen molar-refractivity contribution in [2.24, 2.45) is 0 Å². The van der Waals surface area contributed by atoms with Gasteiger partial charge in [-0.05, 0) is 26.0 Å². The quantitative estimate of drug-likeness (QED) is 0.605. The lowest BCUT2D eigenvalue weighted by molar-refractivity contribution is -0.0151. The Morgan fingerprint density at radius 3 is 2.72 bits per heavy atom. The molecule has 2 aromatic heterocycles. The maximum absolute atomic E-state index is 12.2. The van der Waals surface area contributed by atoms with Gasteiger partial charge in [-0.3, -0.25) is 14.6 Å². The molecule has 0 aliphatic carbocycles. The molecule has 1 aliphatic heterocycles. The maximum Gasteiger partial charge on any atom is 0.273 e. The average Bonchev–Trinajstić information content (AvgIpc) is 3.38. The molecule has 2 aromatic rings. The third kappa shape index (κ3) is 6.97. The number of oxazole rings is 1. The van der Waals surface area contributed by atoms with Crippen LogP contribution in [0.25, 0.3) is 0 Å². The lowest BCUT2D eigenvalue weighted by Gasteiger charge is -2.35. The van der Waals surface area contributed by atoms with Crippen molar-refractivity contribution in [2.45, 2.75) is 39.1 Å². The van der Waals surface area contributed by atoms with Gasteiger partial charge in [0.05, 0.1) is 38.2 Å². The highest BCUT2D eigenvalue weighted by Crippen LogP contribution is 2.10. The van der Waals surface area contributed by atoms with Crippen LogP contribution >= 0.6 is 0 Å². The number of ether oxygens (including phenoxy) is 1. The largest absolute Gasteiger partial charge is 0.467 e. The predicted molar refractivity (Wildman–Crippen MR) is 105 cm³/mol. The van der Waals surface area contributed by atoms with E-state index in [0.717, 1.165) is 26.2 Å². The van der Waals surface area contributed by atoms with Crippen molar-refractivity contribution in [1.29, 1.82) is 0 Å². The zero-order valence-corrected chi connectivity index (χ0v) is 17.0.